The van der Waals surface area contributed by atoms with Crippen molar-refractivity contribution in [2.24, 2.45) is 0 Å². The van der Waals surface area contributed by atoms with Gasteiger partial charge in [0.15, 0.2) is 17.3 Å². The van der Waals surface area contributed by atoms with E-state index in [1.165, 1.54) is 6.92 Å². The van der Waals surface area contributed by atoms with E-state index in [0.29, 0.717) is 24.5 Å². The highest BCUT2D eigenvalue weighted by atomic mass is 16.6. The number of ketones is 1. The number of fused-ring (bicyclic) bond motifs is 3. The summed E-state index contributed by atoms with van der Waals surface area (Å²) in [6, 6.07) is 18.1. The molecule has 1 heterocycles. The molecule has 1 atom stereocenters. The van der Waals surface area contributed by atoms with Crippen LogP contribution in [-0.4, -0.2) is 18.4 Å². The van der Waals surface area contributed by atoms with Crippen molar-refractivity contribution < 1.29 is 19.1 Å². The first-order valence-corrected chi connectivity index (χ1v) is 11.1. The van der Waals surface area contributed by atoms with Crippen molar-refractivity contribution in [2.45, 2.75) is 39.0 Å². The molecule has 5 nitrogen and oxygen atoms in total. The summed E-state index contributed by atoms with van der Waals surface area (Å²) in [4.78, 5) is 24.7. The number of esters is 1. The van der Waals surface area contributed by atoms with Crippen LogP contribution in [0.25, 0.3) is 10.8 Å². The SMILES string of the molecule is CCOc1cc([C@H]2C3=C(CCCC3=O)Nc3ccc4ccccc4c32)ccc1OC(C)=O. The molecule has 5 heteroatoms. The molecule has 3 aromatic carbocycles. The Morgan fingerprint density at radius 2 is 1.91 bits per heavy atom. The monoisotopic (exact) mass is 427 g/mol. The predicted molar refractivity (Wildman–Crippen MR) is 124 cm³/mol. The lowest BCUT2D eigenvalue weighted by molar-refractivity contribution is -0.132. The van der Waals surface area contributed by atoms with Crippen LogP contribution < -0.4 is 14.8 Å². The molecule has 1 N–H and O–H groups in total. The summed E-state index contributed by atoms with van der Waals surface area (Å²) >= 11 is 0. The molecule has 5 rings (SSSR count). The fraction of sp³-hybridized carbons (Fsp3) is 0.259. The van der Waals surface area contributed by atoms with Crippen LogP contribution in [0.4, 0.5) is 5.69 Å². The van der Waals surface area contributed by atoms with Gasteiger partial charge in [-0.25, -0.2) is 0 Å². The van der Waals surface area contributed by atoms with Gasteiger partial charge in [0.05, 0.1) is 6.61 Å². The minimum Gasteiger partial charge on any atom is -0.490 e. The van der Waals surface area contributed by atoms with E-state index in [0.717, 1.165) is 51.7 Å². The van der Waals surface area contributed by atoms with Gasteiger partial charge in [0.2, 0.25) is 0 Å². The van der Waals surface area contributed by atoms with Gasteiger partial charge in [-0.3, -0.25) is 9.59 Å². The quantitative estimate of drug-likeness (QED) is 0.426. The van der Waals surface area contributed by atoms with Crippen LogP contribution in [0, 0.1) is 0 Å². The lowest BCUT2D eigenvalue weighted by atomic mass is 9.74. The van der Waals surface area contributed by atoms with E-state index >= 15 is 0 Å². The van der Waals surface area contributed by atoms with Crippen LogP contribution in [0.1, 0.15) is 50.2 Å². The lowest BCUT2D eigenvalue weighted by Gasteiger charge is -2.35. The number of carbonyl (C=O) groups is 2. The molecule has 1 aliphatic heterocycles. The molecule has 0 spiro atoms. The fourth-order valence-electron chi connectivity index (χ4n) is 4.90. The summed E-state index contributed by atoms with van der Waals surface area (Å²) in [6.45, 7) is 3.70. The number of ether oxygens (including phenoxy) is 2. The minimum atomic E-state index is -0.399. The van der Waals surface area contributed by atoms with Gasteiger partial charge in [-0.2, -0.15) is 0 Å². The minimum absolute atomic E-state index is 0.185. The largest absolute Gasteiger partial charge is 0.490 e. The second-order valence-electron chi connectivity index (χ2n) is 8.21. The number of hydrogen-bond acceptors (Lipinski definition) is 5. The molecule has 0 unspecified atom stereocenters. The molecule has 0 amide bonds. The Morgan fingerprint density at radius 3 is 2.72 bits per heavy atom. The van der Waals surface area contributed by atoms with Crippen molar-refractivity contribution in [1.29, 1.82) is 0 Å². The Bertz CT molecular complexity index is 1270. The first-order valence-electron chi connectivity index (χ1n) is 11.1. The van der Waals surface area contributed by atoms with Crippen LogP contribution in [0.5, 0.6) is 11.5 Å². The molecular weight excluding hydrogens is 402 g/mol. The molecule has 0 saturated carbocycles. The normalized spacial score (nSPS) is 17.4. The Morgan fingerprint density at radius 1 is 1.06 bits per heavy atom. The zero-order valence-corrected chi connectivity index (χ0v) is 18.2. The van der Waals surface area contributed by atoms with Gasteiger partial charge in [0.1, 0.15) is 0 Å². The second-order valence-corrected chi connectivity index (χ2v) is 8.21. The third-order valence-electron chi connectivity index (χ3n) is 6.14. The molecule has 0 radical (unpaired) electrons. The summed E-state index contributed by atoms with van der Waals surface area (Å²) in [5, 5.41) is 5.81. The maximum absolute atomic E-state index is 13.2. The molecule has 162 valence electrons. The van der Waals surface area contributed by atoms with Crippen molar-refractivity contribution in [3.63, 3.8) is 0 Å². The highest BCUT2D eigenvalue weighted by Crippen LogP contribution is 2.49. The second kappa shape index (κ2) is 8.15. The van der Waals surface area contributed by atoms with E-state index in [2.05, 4.69) is 29.6 Å². The average Bonchev–Trinajstić information content (AvgIpc) is 2.79. The molecule has 0 fully saturated rings. The summed E-state index contributed by atoms with van der Waals surface area (Å²) in [5.41, 5.74) is 4.93. The van der Waals surface area contributed by atoms with Crippen molar-refractivity contribution in [3.8, 4) is 11.5 Å². The first-order chi connectivity index (χ1) is 15.6. The van der Waals surface area contributed by atoms with Gasteiger partial charge < -0.3 is 14.8 Å². The number of allylic oxidation sites excluding steroid dienone is 2. The van der Waals surface area contributed by atoms with Gasteiger partial charge in [0, 0.05) is 36.2 Å². The Kier molecular flexibility index (Phi) is 5.17. The van der Waals surface area contributed by atoms with Crippen LogP contribution in [0.15, 0.2) is 65.9 Å². The van der Waals surface area contributed by atoms with E-state index in [1.54, 1.807) is 6.07 Å². The number of nitrogens with one attached hydrogen (secondary N) is 1. The average molecular weight is 428 g/mol. The maximum Gasteiger partial charge on any atom is 0.308 e. The number of anilines is 1. The maximum atomic E-state index is 13.2. The van der Waals surface area contributed by atoms with E-state index in [-0.39, 0.29) is 11.7 Å². The fourth-order valence-corrected chi connectivity index (χ4v) is 4.90. The van der Waals surface area contributed by atoms with Gasteiger partial charge in [-0.05, 0) is 59.9 Å². The number of hydrogen-bond donors (Lipinski definition) is 1. The van der Waals surface area contributed by atoms with Crippen molar-refractivity contribution >= 4 is 28.2 Å². The van der Waals surface area contributed by atoms with E-state index in [4.69, 9.17) is 9.47 Å². The van der Waals surface area contributed by atoms with Crippen LogP contribution in [0.3, 0.4) is 0 Å². The smallest absolute Gasteiger partial charge is 0.308 e. The van der Waals surface area contributed by atoms with E-state index in [1.807, 2.05) is 31.2 Å². The summed E-state index contributed by atoms with van der Waals surface area (Å²) in [5.74, 6) is 0.463. The number of benzene rings is 3. The van der Waals surface area contributed by atoms with Gasteiger partial charge in [-0.15, -0.1) is 0 Å². The lowest BCUT2D eigenvalue weighted by Crippen LogP contribution is -2.27. The standard InChI is InChI=1S/C27H25NO4/c1-3-31-24-15-18(12-14-23(24)32-16(2)29)25-26-19-8-5-4-7-17(19)11-13-21(26)28-20-9-6-10-22(30)27(20)25/h4-5,7-8,11-15,25,28H,3,6,9-10H2,1-2H3/t25-/m1/s1. The molecule has 0 saturated heterocycles. The molecular formula is C27H25NO4. The van der Waals surface area contributed by atoms with Gasteiger partial charge in [-0.1, -0.05) is 36.4 Å². The van der Waals surface area contributed by atoms with Crippen molar-refractivity contribution in [3.05, 3.63) is 77.0 Å². The predicted octanol–water partition coefficient (Wildman–Crippen LogP) is 5.73. The first kappa shape index (κ1) is 20.3. The van der Waals surface area contributed by atoms with Gasteiger partial charge >= 0.3 is 5.97 Å². The van der Waals surface area contributed by atoms with Crippen molar-refractivity contribution in [1.82, 2.24) is 0 Å². The third-order valence-corrected chi connectivity index (χ3v) is 6.14. The zero-order valence-electron chi connectivity index (χ0n) is 18.2. The van der Waals surface area contributed by atoms with Crippen LogP contribution in [0.2, 0.25) is 0 Å². The zero-order chi connectivity index (χ0) is 22.2. The third kappa shape index (κ3) is 3.44. The van der Waals surface area contributed by atoms with Crippen LogP contribution >= 0.6 is 0 Å². The molecule has 2 aliphatic rings. The summed E-state index contributed by atoms with van der Waals surface area (Å²) in [6.07, 6.45) is 2.27. The summed E-state index contributed by atoms with van der Waals surface area (Å²) < 4.78 is 11.2. The summed E-state index contributed by atoms with van der Waals surface area (Å²) in [7, 11) is 0. The highest BCUT2D eigenvalue weighted by Gasteiger charge is 2.36. The Balaban J connectivity index is 1.75. The Labute approximate surface area is 187 Å². The van der Waals surface area contributed by atoms with Crippen molar-refractivity contribution in [2.75, 3.05) is 11.9 Å². The highest BCUT2D eigenvalue weighted by molar-refractivity contribution is 6.04. The van der Waals surface area contributed by atoms with E-state index in [9.17, 15) is 9.59 Å². The molecule has 1 aliphatic carbocycles. The topological polar surface area (TPSA) is 64.6 Å². The molecule has 32 heavy (non-hydrogen) atoms. The number of carbonyl (C=O) groups excluding carboxylic acids is 2. The molecule has 0 bridgehead atoms. The van der Waals surface area contributed by atoms with Gasteiger partial charge in [0.25, 0.3) is 0 Å². The van der Waals surface area contributed by atoms with E-state index < -0.39 is 5.97 Å². The molecule has 3 aromatic rings. The number of rotatable bonds is 4. The Hall–Kier alpha value is -3.60. The number of Topliss-reactive ketones (excluding diaryl/α,β-unsaturated/α-hetero) is 1. The molecule has 0 aromatic heterocycles. The van der Waals surface area contributed by atoms with Crippen LogP contribution in [-0.2, 0) is 9.59 Å².